The van der Waals surface area contributed by atoms with Gasteiger partial charge < -0.3 is 9.73 Å². The van der Waals surface area contributed by atoms with E-state index in [1.54, 1.807) is 24.3 Å². The number of benzene rings is 2. The molecule has 22 heavy (non-hydrogen) atoms. The number of rotatable bonds is 4. The predicted octanol–water partition coefficient (Wildman–Crippen LogP) is 5.49. The highest BCUT2D eigenvalue weighted by atomic mass is 35.5. The van der Waals surface area contributed by atoms with Crippen molar-refractivity contribution in [3.63, 3.8) is 0 Å². The molecule has 0 radical (unpaired) electrons. The normalized spacial score (nSPS) is 10.7. The summed E-state index contributed by atoms with van der Waals surface area (Å²) >= 11 is 5.76. The molecule has 0 amide bonds. The molecule has 0 spiro atoms. The minimum absolute atomic E-state index is 0.0555. The van der Waals surface area contributed by atoms with Crippen LogP contribution in [0.4, 0.5) is 14.5 Å². The second-order valence-electron chi connectivity index (χ2n) is 4.76. The fourth-order valence-corrected chi connectivity index (χ4v) is 2.21. The molecule has 1 heterocycles. The minimum Gasteiger partial charge on any atom is -0.459 e. The van der Waals surface area contributed by atoms with Crippen LogP contribution >= 0.6 is 11.6 Å². The first kappa shape index (κ1) is 14.6. The summed E-state index contributed by atoms with van der Waals surface area (Å²) in [4.78, 5) is 0. The van der Waals surface area contributed by atoms with E-state index in [9.17, 15) is 8.78 Å². The highest BCUT2D eigenvalue weighted by Gasteiger charge is 2.07. The molecule has 1 aromatic heterocycles. The molecule has 1 N–H and O–H groups in total. The number of anilines is 1. The first-order valence-corrected chi connectivity index (χ1v) is 7.03. The van der Waals surface area contributed by atoms with Crippen LogP contribution in [-0.4, -0.2) is 0 Å². The van der Waals surface area contributed by atoms with Crippen LogP contribution in [0.5, 0.6) is 0 Å². The maximum absolute atomic E-state index is 13.2. The van der Waals surface area contributed by atoms with Gasteiger partial charge in [-0.1, -0.05) is 11.6 Å². The maximum atomic E-state index is 13.2. The van der Waals surface area contributed by atoms with Gasteiger partial charge >= 0.3 is 0 Å². The second kappa shape index (κ2) is 6.20. The number of hydrogen-bond acceptors (Lipinski definition) is 2. The van der Waals surface area contributed by atoms with E-state index in [0.29, 0.717) is 23.6 Å². The third-order valence-electron chi connectivity index (χ3n) is 3.18. The smallest absolute Gasteiger partial charge is 0.141 e. The van der Waals surface area contributed by atoms with Crippen LogP contribution in [0.2, 0.25) is 5.02 Å². The molecule has 0 bridgehead atoms. The molecule has 2 aromatic carbocycles. The van der Waals surface area contributed by atoms with E-state index in [1.807, 2.05) is 6.07 Å². The molecule has 0 saturated carbocycles. The number of hydrogen-bond donors (Lipinski definition) is 1. The summed E-state index contributed by atoms with van der Waals surface area (Å²) in [7, 11) is 0. The molecule has 0 aliphatic carbocycles. The molecular formula is C17H12ClF2NO. The van der Waals surface area contributed by atoms with Gasteiger partial charge in [-0.15, -0.1) is 0 Å². The van der Waals surface area contributed by atoms with E-state index < -0.39 is 5.82 Å². The molecule has 0 fully saturated rings. The molecule has 0 unspecified atom stereocenters. The first-order valence-electron chi connectivity index (χ1n) is 6.65. The van der Waals surface area contributed by atoms with Gasteiger partial charge in [0.05, 0.1) is 11.6 Å². The van der Waals surface area contributed by atoms with Gasteiger partial charge in [0.1, 0.15) is 23.2 Å². The van der Waals surface area contributed by atoms with Gasteiger partial charge in [0.25, 0.3) is 0 Å². The van der Waals surface area contributed by atoms with Crippen LogP contribution < -0.4 is 5.32 Å². The zero-order chi connectivity index (χ0) is 15.5. The van der Waals surface area contributed by atoms with E-state index in [1.165, 1.54) is 24.3 Å². The maximum Gasteiger partial charge on any atom is 0.141 e. The number of furan rings is 1. The van der Waals surface area contributed by atoms with Crippen LogP contribution in [0.1, 0.15) is 5.76 Å². The van der Waals surface area contributed by atoms with Crippen molar-refractivity contribution in [2.75, 3.05) is 5.32 Å². The van der Waals surface area contributed by atoms with Gasteiger partial charge in [0.2, 0.25) is 0 Å². The third-order valence-corrected chi connectivity index (χ3v) is 3.47. The summed E-state index contributed by atoms with van der Waals surface area (Å²) in [6.07, 6.45) is 0. The van der Waals surface area contributed by atoms with Gasteiger partial charge in [-0.25, -0.2) is 8.78 Å². The summed E-state index contributed by atoms with van der Waals surface area (Å²) in [5.41, 5.74) is 1.50. The Kier molecular flexibility index (Phi) is 4.11. The molecule has 3 rings (SSSR count). The van der Waals surface area contributed by atoms with Gasteiger partial charge in [-0.3, -0.25) is 0 Å². The highest BCUT2D eigenvalue weighted by molar-refractivity contribution is 6.31. The topological polar surface area (TPSA) is 25.2 Å². The van der Waals surface area contributed by atoms with Crippen LogP contribution in [0.3, 0.4) is 0 Å². The standard InChI is InChI=1S/C17H12ClF2NO/c18-15-9-11(1-7-16(15)20)17-8-6-14(22-17)10-21-13-4-2-12(19)3-5-13/h1-9,21H,10H2. The van der Waals surface area contributed by atoms with Crippen molar-refractivity contribution in [2.24, 2.45) is 0 Å². The van der Waals surface area contributed by atoms with Crippen molar-refractivity contribution in [2.45, 2.75) is 6.54 Å². The predicted molar refractivity (Wildman–Crippen MR) is 82.8 cm³/mol. The van der Waals surface area contributed by atoms with Gasteiger partial charge in [-0.05, 0) is 54.6 Å². The van der Waals surface area contributed by atoms with Crippen LogP contribution in [-0.2, 0) is 6.54 Å². The molecule has 2 nitrogen and oxygen atoms in total. The van der Waals surface area contributed by atoms with E-state index in [0.717, 1.165) is 5.69 Å². The van der Waals surface area contributed by atoms with Gasteiger partial charge in [-0.2, -0.15) is 0 Å². The van der Waals surface area contributed by atoms with Crippen molar-refractivity contribution in [3.05, 3.63) is 77.0 Å². The van der Waals surface area contributed by atoms with Crippen LogP contribution in [0.15, 0.2) is 59.0 Å². The third kappa shape index (κ3) is 3.28. The zero-order valence-electron chi connectivity index (χ0n) is 11.4. The van der Waals surface area contributed by atoms with Crippen molar-refractivity contribution < 1.29 is 13.2 Å². The van der Waals surface area contributed by atoms with Crippen molar-refractivity contribution in [1.29, 1.82) is 0 Å². The molecular weight excluding hydrogens is 308 g/mol. The second-order valence-corrected chi connectivity index (χ2v) is 5.16. The Hall–Kier alpha value is -2.33. The lowest BCUT2D eigenvalue weighted by Gasteiger charge is -2.04. The Balaban J connectivity index is 1.70. The Bertz CT molecular complexity index is 784. The van der Waals surface area contributed by atoms with Crippen molar-refractivity contribution >= 4 is 17.3 Å². The molecule has 0 aliphatic rings. The van der Waals surface area contributed by atoms with E-state index in [-0.39, 0.29) is 10.8 Å². The summed E-state index contributed by atoms with van der Waals surface area (Å²) in [5, 5.41) is 3.18. The van der Waals surface area contributed by atoms with E-state index in [2.05, 4.69) is 5.32 Å². The highest BCUT2D eigenvalue weighted by Crippen LogP contribution is 2.26. The van der Waals surface area contributed by atoms with Gasteiger partial charge in [0.15, 0.2) is 0 Å². The Morgan fingerprint density at radius 2 is 1.73 bits per heavy atom. The average Bonchev–Trinajstić information content (AvgIpc) is 2.98. The molecule has 0 aliphatic heterocycles. The minimum atomic E-state index is -0.463. The number of halogens is 3. The molecule has 112 valence electrons. The lowest BCUT2D eigenvalue weighted by atomic mass is 10.2. The van der Waals surface area contributed by atoms with Crippen molar-refractivity contribution in [1.82, 2.24) is 0 Å². The summed E-state index contributed by atoms with van der Waals surface area (Å²) in [5.74, 6) is 0.576. The molecule has 0 saturated heterocycles. The van der Waals surface area contributed by atoms with E-state index >= 15 is 0 Å². The Morgan fingerprint density at radius 3 is 2.45 bits per heavy atom. The fourth-order valence-electron chi connectivity index (χ4n) is 2.03. The van der Waals surface area contributed by atoms with Crippen molar-refractivity contribution in [3.8, 4) is 11.3 Å². The fraction of sp³-hybridized carbons (Fsp3) is 0.0588. The molecule has 3 aromatic rings. The first-order chi connectivity index (χ1) is 10.6. The molecule has 0 atom stereocenters. The monoisotopic (exact) mass is 319 g/mol. The largest absolute Gasteiger partial charge is 0.459 e. The van der Waals surface area contributed by atoms with Crippen LogP contribution in [0, 0.1) is 11.6 Å². The zero-order valence-corrected chi connectivity index (χ0v) is 12.2. The SMILES string of the molecule is Fc1ccc(NCc2ccc(-c3ccc(F)c(Cl)c3)o2)cc1. The Labute approximate surface area is 131 Å². The van der Waals surface area contributed by atoms with E-state index in [4.69, 9.17) is 16.0 Å². The lowest BCUT2D eigenvalue weighted by Crippen LogP contribution is -1.97. The lowest BCUT2D eigenvalue weighted by molar-refractivity contribution is 0.531. The average molecular weight is 320 g/mol. The number of nitrogens with one attached hydrogen (secondary N) is 1. The molecule has 5 heteroatoms. The van der Waals surface area contributed by atoms with Crippen LogP contribution in [0.25, 0.3) is 11.3 Å². The summed E-state index contributed by atoms with van der Waals surface area (Å²) < 4.78 is 31.7. The quantitative estimate of drug-likeness (QED) is 0.688. The Morgan fingerprint density at radius 1 is 0.955 bits per heavy atom. The summed E-state index contributed by atoms with van der Waals surface area (Å²) in [6.45, 7) is 0.459. The summed E-state index contributed by atoms with van der Waals surface area (Å²) in [6, 6.07) is 14.1. The van der Waals surface area contributed by atoms with Gasteiger partial charge in [0, 0.05) is 11.3 Å².